The van der Waals surface area contributed by atoms with E-state index in [0.29, 0.717) is 19.1 Å². The van der Waals surface area contributed by atoms with E-state index in [1.165, 1.54) is 0 Å². The number of hydrogen-bond acceptors (Lipinski definition) is 7. The lowest BCUT2D eigenvalue weighted by atomic mass is 9.98. The third-order valence-electron chi connectivity index (χ3n) is 5.95. The molecule has 0 bridgehead atoms. The standard InChI is InChI=1S/C19H30N6O2/c1-22-6-8-23(9-7-22)17-2-3-18(21-20-17)24-10-12-25(13-11-24)19(26)16-4-14-27-15-5-16/h2-3,16H,4-15H2,1H3. The molecule has 1 aromatic heterocycles. The Morgan fingerprint density at radius 2 is 1.41 bits per heavy atom. The zero-order chi connectivity index (χ0) is 18.6. The Morgan fingerprint density at radius 1 is 0.889 bits per heavy atom. The van der Waals surface area contributed by atoms with Crippen LogP contribution in [-0.4, -0.2) is 98.5 Å². The molecule has 3 aliphatic heterocycles. The van der Waals surface area contributed by atoms with E-state index >= 15 is 0 Å². The second-order valence-corrected chi connectivity index (χ2v) is 7.74. The molecule has 0 spiro atoms. The van der Waals surface area contributed by atoms with Crippen LogP contribution in [0.3, 0.4) is 0 Å². The molecule has 4 heterocycles. The molecular weight excluding hydrogens is 344 g/mol. The number of hydrogen-bond donors (Lipinski definition) is 0. The van der Waals surface area contributed by atoms with Crippen LogP contribution in [-0.2, 0) is 9.53 Å². The van der Waals surface area contributed by atoms with E-state index in [-0.39, 0.29) is 5.92 Å². The molecule has 0 saturated carbocycles. The molecule has 0 atom stereocenters. The molecule has 27 heavy (non-hydrogen) atoms. The van der Waals surface area contributed by atoms with Gasteiger partial charge in [0.25, 0.3) is 0 Å². The van der Waals surface area contributed by atoms with Gasteiger partial charge >= 0.3 is 0 Å². The quantitative estimate of drug-likeness (QED) is 0.754. The second kappa shape index (κ2) is 8.39. The lowest BCUT2D eigenvalue weighted by molar-refractivity contribution is -0.138. The topological polar surface area (TPSA) is 65.0 Å². The molecule has 8 nitrogen and oxygen atoms in total. The van der Waals surface area contributed by atoms with Crippen LogP contribution < -0.4 is 9.80 Å². The second-order valence-electron chi connectivity index (χ2n) is 7.74. The molecular formula is C19H30N6O2. The number of carbonyl (C=O) groups excluding carboxylic acids is 1. The maximum absolute atomic E-state index is 12.7. The summed E-state index contributed by atoms with van der Waals surface area (Å²) in [5.74, 6) is 2.31. The van der Waals surface area contributed by atoms with Crippen molar-refractivity contribution in [2.75, 3.05) is 82.4 Å². The van der Waals surface area contributed by atoms with Gasteiger partial charge in [-0.15, -0.1) is 10.2 Å². The van der Waals surface area contributed by atoms with Crippen LogP contribution in [0.1, 0.15) is 12.8 Å². The molecule has 4 rings (SSSR count). The molecule has 3 fully saturated rings. The van der Waals surface area contributed by atoms with E-state index in [2.05, 4.69) is 44.1 Å². The van der Waals surface area contributed by atoms with Gasteiger partial charge in [-0.25, -0.2) is 0 Å². The van der Waals surface area contributed by atoms with Gasteiger partial charge in [-0.3, -0.25) is 4.79 Å². The van der Waals surface area contributed by atoms with Gasteiger partial charge in [0.2, 0.25) is 5.91 Å². The molecule has 0 unspecified atom stereocenters. The highest BCUT2D eigenvalue weighted by Crippen LogP contribution is 2.21. The molecule has 0 N–H and O–H groups in total. The third kappa shape index (κ3) is 4.32. The fourth-order valence-corrected chi connectivity index (χ4v) is 4.05. The number of aromatic nitrogens is 2. The molecule has 3 aliphatic rings. The van der Waals surface area contributed by atoms with Crippen LogP contribution in [0.2, 0.25) is 0 Å². The van der Waals surface area contributed by atoms with Gasteiger partial charge in [0.1, 0.15) is 0 Å². The first-order valence-corrected chi connectivity index (χ1v) is 10.1. The SMILES string of the molecule is CN1CCN(c2ccc(N3CCN(C(=O)C4CCOCC4)CC3)nn2)CC1. The summed E-state index contributed by atoms with van der Waals surface area (Å²) < 4.78 is 5.37. The number of ether oxygens (including phenoxy) is 1. The summed E-state index contributed by atoms with van der Waals surface area (Å²) in [5.41, 5.74) is 0. The summed E-state index contributed by atoms with van der Waals surface area (Å²) in [6.07, 6.45) is 1.72. The molecule has 3 saturated heterocycles. The van der Waals surface area contributed by atoms with Crippen molar-refractivity contribution in [3.63, 3.8) is 0 Å². The minimum absolute atomic E-state index is 0.146. The van der Waals surface area contributed by atoms with Gasteiger partial charge in [0.05, 0.1) is 0 Å². The van der Waals surface area contributed by atoms with E-state index in [1.54, 1.807) is 0 Å². The average molecular weight is 374 g/mol. The van der Waals surface area contributed by atoms with E-state index in [0.717, 1.165) is 76.8 Å². The first kappa shape index (κ1) is 18.4. The molecule has 148 valence electrons. The van der Waals surface area contributed by atoms with E-state index in [4.69, 9.17) is 4.74 Å². The third-order valence-corrected chi connectivity index (χ3v) is 5.95. The largest absolute Gasteiger partial charge is 0.381 e. The van der Waals surface area contributed by atoms with Gasteiger partial charge in [0, 0.05) is 71.5 Å². The lowest BCUT2D eigenvalue weighted by Gasteiger charge is -2.37. The Bertz CT molecular complexity index is 618. The van der Waals surface area contributed by atoms with E-state index in [1.807, 2.05) is 4.90 Å². The van der Waals surface area contributed by atoms with Crippen molar-refractivity contribution in [1.82, 2.24) is 20.0 Å². The molecule has 0 aromatic carbocycles. The Morgan fingerprint density at radius 3 is 1.93 bits per heavy atom. The number of likely N-dealkylation sites (N-methyl/N-ethyl adjacent to an activating group) is 1. The minimum atomic E-state index is 0.146. The number of piperazine rings is 2. The van der Waals surface area contributed by atoms with Crippen LogP contribution in [0.4, 0.5) is 11.6 Å². The summed E-state index contributed by atoms with van der Waals surface area (Å²) >= 11 is 0. The fourth-order valence-electron chi connectivity index (χ4n) is 4.05. The Labute approximate surface area is 161 Å². The highest BCUT2D eigenvalue weighted by Gasteiger charge is 2.29. The van der Waals surface area contributed by atoms with Crippen LogP contribution in [0, 0.1) is 5.92 Å². The smallest absolute Gasteiger partial charge is 0.225 e. The number of nitrogens with zero attached hydrogens (tertiary/aromatic N) is 6. The zero-order valence-corrected chi connectivity index (χ0v) is 16.2. The first-order valence-electron chi connectivity index (χ1n) is 10.1. The summed E-state index contributed by atoms with van der Waals surface area (Å²) in [4.78, 5) is 21.5. The van der Waals surface area contributed by atoms with Gasteiger partial charge in [-0.1, -0.05) is 0 Å². The predicted octanol–water partition coefficient (Wildman–Crippen LogP) is 0.304. The van der Waals surface area contributed by atoms with Gasteiger partial charge < -0.3 is 24.3 Å². The van der Waals surface area contributed by atoms with Crippen molar-refractivity contribution in [3.05, 3.63) is 12.1 Å². The number of carbonyl (C=O) groups is 1. The average Bonchev–Trinajstić information content (AvgIpc) is 2.75. The van der Waals surface area contributed by atoms with Crippen LogP contribution in [0.5, 0.6) is 0 Å². The van der Waals surface area contributed by atoms with Crippen molar-refractivity contribution in [1.29, 1.82) is 0 Å². The Kier molecular flexibility index (Phi) is 5.73. The fraction of sp³-hybridized carbons (Fsp3) is 0.737. The minimum Gasteiger partial charge on any atom is -0.381 e. The normalized spacial score (nSPS) is 22.9. The number of rotatable bonds is 3. The summed E-state index contributed by atoms with van der Waals surface area (Å²) in [5, 5.41) is 8.91. The lowest BCUT2D eigenvalue weighted by Crippen LogP contribution is -2.51. The van der Waals surface area contributed by atoms with Crippen LogP contribution >= 0.6 is 0 Å². The predicted molar refractivity (Wildman–Crippen MR) is 104 cm³/mol. The van der Waals surface area contributed by atoms with Crippen LogP contribution in [0.15, 0.2) is 12.1 Å². The van der Waals surface area contributed by atoms with E-state index in [9.17, 15) is 4.79 Å². The molecule has 8 heteroatoms. The maximum Gasteiger partial charge on any atom is 0.225 e. The zero-order valence-electron chi connectivity index (χ0n) is 16.2. The highest BCUT2D eigenvalue weighted by atomic mass is 16.5. The Balaban J connectivity index is 1.29. The van der Waals surface area contributed by atoms with E-state index < -0.39 is 0 Å². The van der Waals surface area contributed by atoms with Gasteiger partial charge in [0.15, 0.2) is 11.6 Å². The Hall–Kier alpha value is -1.93. The summed E-state index contributed by atoms with van der Waals surface area (Å²) in [7, 11) is 2.15. The summed E-state index contributed by atoms with van der Waals surface area (Å²) in [6, 6.07) is 4.14. The van der Waals surface area contributed by atoms with Crippen LogP contribution in [0.25, 0.3) is 0 Å². The molecule has 1 aromatic rings. The number of amides is 1. The van der Waals surface area contributed by atoms with Crippen molar-refractivity contribution < 1.29 is 9.53 Å². The summed E-state index contributed by atoms with van der Waals surface area (Å²) in [6.45, 7) is 8.70. The molecule has 0 radical (unpaired) electrons. The van der Waals surface area contributed by atoms with Crippen molar-refractivity contribution in [2.24, 2.45) is 5.92 Å². The number of anilines is 2. The molecule has 0 aliphatic carbocycles. The monoisotopic (exact) mass is 374 g/mol. The maximum atomic E-state index is 12.7. The van der Waals surface area contributed by atoms with Crippen molar-refractivity contribution in [3.8, 4) is 0 Å². The highest BCUT2D eigenvalue weighted by molar-refractivity contribution is 5.79. The van der Waals surface area contributed by atoms with Gasteiger partial charge in [-0.05, 0) is 32.0 Å². The molecule has 1 amide bonds. The first-order chi connectivity index (χ1) is 13.2. The van der Waals surface area contributed by atoms with Gasteiger partial charge in [-0.2, -0.15) is 0 Å². The van der Waals surface area contributed by atoms with Crippen molar-refractivity contribution >= 4 is 17.5 Å². The van der Waals surface area contributed by atoms with Crippen molar-refractivity contribution in [2.45, 2.75) is 12.8 Å².